The van der Waals surface area contributed by atoms with Crippen molar-refractivity contribution in [3.05, 3.63) is 54.3 Å². The van der Waals surface area contributed by atoms with Crippen molar-refractivity contribution >= 4 is 10.0 Å². The topological polar surface area (TPSA) is 85.1 Å². The van der Waals surface area contributed by atoms with E-state index in [-0.39, 0.29) is 22.7 Å². The van der Waals surface area contributed by atoms with Gasteiger partial charge in [-0.25, -0.2) is 17.5 Å². The maximum absolute atomic E-state index is 13.5. The number of aromatic nitrogens is 2. The van der Waals surface area contributed by atoms with Gasteiger partial charge in [-0.05, 0) is 37.1 Å². The van der Waals surface area contributed by atoms with Crippen LogP contribution >= 0.6 is 0 Å². The molecule has 2 aromatic carbocycles. The quantitative estimate of drug-likeness (QED) is 0.694. The smallest absolute Gasteiger partial charge is 0.259 e. The molecule has 0 bridgehead atoms. The Morgan fingerprint density at radius 3 is 2.61 bits per heavy atom. The molecule has 8 heteroatoms. The van der Waals surface area contributed by atoms with Gasteiger partial charge in [-0.1, -0.05) is 48.7 Å². The Morgan fingerprint density at radius 1 is 1.04 bits per heavy atom. The fraction of sp³-hybridized carbons (Fsp3) is 0.300. The first-order chi connectivity index (χ1) is 13.5. The van der Waals surface area contributed by atoms with Gasteiger partial charge in [0.1, 0.15) is 5.82 Å². The van der Waals surface area contributed by atoms with Crippen LogP contribution in [-0.2, 0) is 10.0 Å². The van der Waals surface area contributed by atoms with Crippen molar-refractivity contribution in [1.29, 1.82) is 0 Å². The van der Waals surface area contributed by atoms with Gasteiger partial charge in [0, 0.05) is 11.6 Å². The lowest BCUT2D eigenvalue weighted by Gasteiger charge is -2.23. The van der Waals surface area contributed by atoms with E-state index in [2.05, 4.69) is 14.9 Å². The van der Waals surface area contributed by atoms with Gasteiger partial charge in [-0.2, -0.15) is 4.98 Å². The Hall–Kier alpha value is -2.58. The number of nitrogens with zero attached hydrogens (tertiary/aromatic N) is 2. The second-order valence-electron chi connectivity index (χ2n) is 6.89. The molecule has 1 fully saturated rings. The number of benzene rings is 2. The summed E-state index contributed by atoms with van der Waals surface area (Å²) >= 11 is 0. The predicted octanol–water partition coefficient (Wildman–Crippen LogP) is 4.15. The Kier molecular flexibility index (Phi) is 5.23. The Labute approximate surface area is 162 Å². The maximum Gasteiger partial charge on any atom is 0.259 e. The van der Waals surface area contributed by atoms with Crippen LogP contribution in [0.3, 0.4) is 0 Å². The summed E-state index contributed by atoms with van der Waals surface area (Å²) < 4.78 is 47.5. The standard InChI is InChI=1S/C20H20FN3O3S/c21-15-8-6-7-14(13-15)19-22-20(27-23-19)17-11-4-5-12-18(17)28(25,26)24-16-9-2-1-3-10-16/h4-8,11-13,16,24H,1-3,9-10H2. The highest BCUT2D eigenvalue weighted by molar-refractivity contribution is 7.89. The summed E-state index contributed by atoms with van der Waals surface area (Å²) in [6.07, 6.45) is 4.86. The first-order valence-electron chi connectivity index (χ1n) is 9.24. The third-order valence-corrected chi connectivity index (χ3v) is 6.42. The highest BCUT2D eigenvalue weighted by Crippen LogP contribution is 2.29. The molecule has 4 rings (SSSR count). The van der Waals surface area contributed by atoms with Crippen LogP contribution in [0.2, 0.25) is 0 Å². The number of hydrogen-bond donors (Lipinski definition) is 1. The van der Waals surface area contributed by atoms with E-state index in [1.807, 2.05) is 0 Å². The molecule has 1 aliphatic rings. The first-order valence-corrected chi connectivity index (χ1v) is 10.7. The number of hydrogen-bond acceptors (Lipinski definition) is 5. The molecule has 1 aliphatic carbocycles. The summed E-state index contributed by atoms with van der Waals surface area (Å²) in [6, 6.07) is 12.3. The van der Waals surface area contributed by atoms with Gasteiger partial charge in [0.15, 0.2) is 0 Å². The minimum Gasteiger partial charge on any atom is -0.334 e. The van der Waals surface area contributed by atoms with E-state index in [1.165, 1.54) is 18.2 Å². The summed E-state index contributed by atoms with van der Waals surface area (Å²) in [5.74, 6) is -0.144. The summed E-state index contributed by atoms with van der Waals surface area (Å²) in [5, 5.41) is 3.87. The van der Waals surface area contributed by atoms with Crippen LogP contribution in [0, 0.1) is 5.82 Å². The van der Waals surface area contributed by atoms with Crippen molar-refractivity contribution < 1.29 is 17.3 Å². The van der Waals surface area contributed by atoms with Gasteiger partial charge in [-0.15, -0.1) is 0 Å². The predicted molar refractivity (Wildman–Crippen MR) is 102 cm³/mol. The number of rotatable bonds is 5. The van der Waals surface area contributed by atoms with Gasteiger partial charge in [0.05, 0.1) is 10.5 Å². The van der Waals surface area contributed by atoms with Crippen LogP contribution in [-0.4, -0.2) is 24.6 Å². The zero-order valence-corrected chi connectivity index (χ0v) is 16.0. The van der Waals surface area contributed by atoms with Crippen molar-refractivity contribution in [2.75, 3.05) is 0 Å². The van der Waals surface area contributed by atoms with E-state index >= 15 is 0 Å². The fourth-order valence-electron chi connectivity index (χ4n) is 3.46. The monoisotopic (exact) mass is 401 g/mol. The van der Waals surface area contributed by atoms with Crippen molar-refractivity contribution in [2.24, 2.45) is 0 Å². The van der Waals surface area contributed by atoms with E-state index < -0.39 is 15.8 Å². The summed E-state index contributed by atoms with van der Waals surface area (Å²) in [5.41, 5.74) is 0.775. The molecule has 1 N–H and O–H groups in total. The fourth-order valence-corrected chi connectivity index (χ4v) is 4.96. The lowest BCUT2D eigenvalue weighted by atomic mass is 9.96. The van der Waals surface area contributed by atoms with E-state index in [0.29, 0.717) is 11.1 Å². The lowest BCUT2D eigenvalue weighted by Crippen LogP contribution is -2.36. The second-order valence-corrected chi connectivity index (χ2v) is 8.57. The molecule has 1 aromatic heterocycles. The van der Waals surface area contributed by atoms with E-state index in [9.17, 15) is 12.8 Å². The van der Waals surface area contributed by atoms with Crippen molar-refractivity contribution in [3.63, 3.8) is 0 Å². The van der Waals surface area contributed by atoms with Crippen LogP contribution in [0.15, 0.2) is 57.9 Å². The zero-order chi connectivity index (χ0) is 19.6. The Bertz CT molecular complexity index is 1080. The molecule has 0 unspecified atom stereocenters. The van der Waals surface area contributed by atoms with Gasteiger partial charge in [0.2, 0.25) is 15.8 Å². The lowest BCUT2D eigenvalue weighted by molar-refractivity contribution is 0.411. The van der Waals surface area contributed by atoms with Crippen molar-refractivity contribution in [2.45, 2.75) is 43.0 Å². The summed E-state index contributed by atoms with van der Waals surface area (Å²) in [7, 11) is -3.74. The van der Waals surface area contributed by atoms with Gasteiger partial charge >= 0.3 is 0 Å². The van der Waals surface area contributed by atoms with Crippen LogP contribution in [0.5, 0.6) is 0 Å². The molecule has 1 saturated carbocycles. The van der Waals surface area contributed by atoms with Crippen molar-refractivity contribution in [1.82, 2.24) is 14.9 Å². The molecule has 146 valence electrons. The number of nitrogens with one attached hydrogen (secondary N) is 1. The molecular formula is C20H20FN3O3S. The average Bonchev–Trinajstić information content (AvgIpc) is 3.19. The van der Waals surface area contributed by atoms with Crippen LogP contribution in [0.1, 0.15) is 32.1 Å². The van der Waals surface area contributed by atoms with Crippen LogP contribution in [0.25, 0.3) is 22.8 Å². The molecule has 0 saturated heterocycles. The molecule has 0 aliphatic heterocycles. The van der Waals surface area contributed by atoms with Crippen LogP contribution in [0.4, 0.5) is 4.39 Å². The molecule has 6 nitrogen and oxygen atoms in total. The zero-order valence-electron chi connectivity index (χ0n) is 15.1. The van der Waals surface area contributed by atoms with Crippen molar-refractivity contribution in [3.8, 4) is 22.8 Å². The van der Waals surface area contributed by atoms with E-state index in [4.69, 9.17) is 4.52 Å². The first kappa shape index (κ1) is 18.8. The minimum absolute atomic E-state index is 0.0580. The Morgan fingerprint density at radius 2 is 1.82 bits per heavy atom. The normalized spacial score (nSPS) is 15.6. The summed E-state index contributed by atoms with van der Waals surface area (Å²) in [6.45, 7) is 0. The molecule has 0 amide bonds. The molecule has 0 radical (unpaired) electrons. The molecular weight excluding hydrogens is 381 g/mol. The second kappa shape index (κ2) is 7.81. The van der Waals surface area contributed by atoms with E-state index in [0.717, 1.165) is 32.1 Å². The molecule has 0 spiro atoms. The third-order valence-electron chi connectivity index (χ3n) is 4.84. The molecule has 3 aromatic rings. The van der Waals surface area contributed by atoms with Gasteiger partial charge in [0.25, 0.3) is 5.89 Å². The average molecular weight is 401 g/mol. The number of halogens is 1. The molecule has 1 heterocycles. The largest absolute Gasteiger partial charge is 0.334 e. The Balaban J connectivity index is 1.66. The van der Waals surface area contributed by atoms with E-state index in [1.54, 1.807) is 30.3 Å². The third kappa shape index (κ3) is 3.98. The highest BCUT2D eigenvalue weighted by Gasteiger charge is 2.26. The SMILES string of the molecule is O=S(=O)(NC1CCCCC1)c1ccccc1-c1nc(-c2cccc(F)c2)no1. The van der Waals surface area contributed by atoms with Crippen LogP contribution < -0.4 is 4.72 Å². The summed E-state index contributed by atoms with van der Waals surface area (Å²) in [4.78, 5) is 4.37. The van der Waals surface area contributed by atoms with Gasteiger partial charge in [-0.3, -0.25) is 0 Å². The molecule has 0 atom stereocenters. The maximum atomic E-state index is 13.5. The minimum atomic E-state index is -3.74. The van der Waals surface area contributed by atoms with Gasteiger partial charge < -0.3 is 4.52 Å². The molecule has 28 heavy (non-hydrogen) atoms. The number of sulfonamides is 1. The highest BCUT2D eigenvalue weighted by atomic mass is 32.2.